The second-order valence-corrected chi connectivity index (χ2v) is 6.16. The summed E-state index contributed by atoms with van der Waals surface area (Å²) in [6, 6.07) is 5.63. The Kier molecular flexibility index (Phi) is 6.30. The number of hydrogen-bond donors (Lipinski definition) is 0. The van der Waals surface area contributed by atoms with Gasteiger partial charge in [-0.2, -0.15) is 0 Å². The first kappa shape index (κ1) is 17.9. The van der Waals surface area contributed by atoms with E-state index in [2.05, 4.69) is 5.92 Å². The number of terminal acetylenes is 1. The Labute approximate surface area is 133 Å². The van der Waals surface area contributed by atoms with Crippen molar-refractivity contribution in [3.05, 3.63) is 29.3 Å². The molecule has 0 saturated heterocycles. The lowest BCUT2D eigenvalue weighted by atomic mass is 10.1. The van der Waals surface area contributed by atoms with Crippen LogP contribution in [-0.4, -0.2) is 30.2 Å². The highest BCUT2D eigenvalue weighted by Gasteiger charge is 2.19. The highest BCUT2D eigenvalue weighted by atomic mass is 16.6. The van der Waals surface area contributed by atoms with Gasteiger partial charge in [0.2, 0.25) is 0 Å². The average molecular weight is 303 g/mol. The van der Waals surface area contributed by atoms with Crippen LogP contribution in [0.4, 0.5) is 4.79 Å². The standard InChI is InChI=1S/C18H25NO3/c1-7-11-21-16-10-9-14(12-15(16)8-2)13-19(6)17(20)22-18(3,4)5/h2,9-10,12H,7,11,13H2,1,3-6H3. The lowest BCUT2D eigenvalue weighted by Gasteiger charge is -2.24. The SMILES string of the molecule is C#Cc1cc(CN(C)C(=O)OC(C)(C)C)ccc1OCCC. The van der Waals surface area contributed by atoms with E-state index in [1.165, 1.54) is 4.90 Å². The van der Waals surface area contributed by atoms with Crippen LogP contribution in [0.25, 0.3) is 0 Å². The van der Waals surface area contributed by atoms with Crippen LogP contribution in [0.3, 0.4) is 0 Å². The summed E-state index contributed by atoms with van der Waals surface area (Å²) in [5.41, 5.74) is 1.13. The minimum Gasteiger partial charge on any atom is -0.492 e. The molecule has 0 aromatic heterocycles. The number of rotatable bonds is 5. The Morgan fingerprint density at radius 3 is 2.59 bits per heavy atom. The summed E-state index contributed by atoms with van der Waals surface area (Å²) in [5, 5.41) is 0. The largest absolute Gasteiger partial charge is 0.492 e. The van der Waals surface area contributed by atoms with Crippen molar-refractivity contribution in [1.82, 2.24) is 4.90 Å². The van der Waals surface area contributed by atoms with E-state index < -0.39 is 5.60 Å². The Morgan fingerprint density at radius 2 is 2.05 bits per heavy atom. The topological polar surface area (TPSA) is 38.8 Å². The highest BCUT2D eigenvalue weighted by Crippen LogP contribution is 2.21. The summed E-state index contributed by atoms with van der Waals surface area (Å²) in [5.74, 6) is 3.33. The molecule has 0 heterocycles. The van der Waals surface area contributed by atoms with Gasteiger partial charge < -0.3 is 14.4 Å². The molecule has 22 heavy (non-hydrogen) atoms. The quantitative estimate of drug-likeness (QED) is 0.776. The van der Waals surface area contributed by atoms with Crippen LogP contribution in [0.5, 0.6) is 5.75 Å². The van der Waals surface area contributed by atoms with Crippen LogP contribution in [0.2, 0.25) is 0 Å². The minimum atomic E-state index is -0.507. The van der Waals surface area contributed by atoms with Gasteiger partial charge in [0.15, 0.2) is 0 Å². The molecule has 0 fully saturated rings. The lowest BCUT2D eigenvalue weighted by molar-refractivity contribution is 0.0285. The van der Waals surface area contributed by atoms with E-state index in [1.807, 2.05) is 45.9 Å². The van der Waals surface area contributed by atoms with Crippen molar-refractivity contribution in [2.45, 2.75) is 46.3 Å². The molecule has 0 atom stereocenters. The normalized spacial score (nSPS) is 10.7. The maximum absolute atomic E-state index is 12.0. The second kappa shape index (κ2) is 7.74. The van der Waals surface area contributed by atoms with E-state index in [0.717, 1.165) is 12.0 Å². The molecule has 1 amide bonds. The van der Waals surface area contributed by atoms with Crippen LogP contribution < -0.4 is 4.74 Å². The van der Waals surface area contributed by atoms with Gasteiger partial charge in [0, 0.05) is 13.6 Å². The van der Waals surface area contributed by atoms with Crippen molar-refractivity contribution in [3.8, 4) is 18.1 Å². The first-order valence-corrected chi connectivity index (χ1v) is 7.43. The van der Waals surface area contributed by atoms with Gasteiger partial charge >= 0.3 is 6.09 Å². The number of ether oxygens (including phenoxy) is 2. The predicted octanol–water partition coefficient (Wildman–Crippen LogP) is 3.82. The van der Waals surface area contributed by atoms with Gasteiger partial charge in [-0.15, -0.1) is 6.42 Å². The maximum atomic E-state index is 12.0. The monoisotopic (exact) mass is 303 g/mol. The predicted molar refractivity (Wildman–Crippen MR) is 87.9 cm³/mol. The minimum absolute atomic E-state index is 0.360. The first-order valence-electron chi connectivity index (χ1n) is 7.43. The van der Waals surface area contributed by atoms with Crippen molar-refractivity contribution >= 4 is 6.09 Å². The Hall–Kier alpha value is -2.15. The first-order chi connectivity index (χ1) is 10.3. The van der Waals surface area contributed by atoms with Crippen molar-refractivity contribution in [2.75, 3.05) is 13.7 Å². The molecule has 0 radical (unpaired) electrons. The number of amides is 1. The molecule has 1 rings (SSSR count). The van der Waals surface area contributed by atoms with Crippen molar-refractivity contribution in [3.63, 3.8) is 0 Å². The fraction of sp³-hybridized carbons (Fsp3) is 0.500. The van der Waals surface area contributed by atoms with E-state index >= 15 is 0 Å². The molecule has 0 N–H and O–H groups in total. The van der Waals surface area contributed by atoms with E-state index in [0.29, 0.717) is 24.5 Å². The second-order valence-electron chi connectivity index (χ2n) is 6.16. The summed E-state index contributed by atoms with van der Waals surface area (Å²) in [6.45, 7) is 8.63. The lowest BCUT2D eigenvalue weighted by Crippen LogP contribution is -2.33. The summed E-state index contributed by atoms with van der Waals surface area (Å²) in [6.07, 6.45) is 6.09. The van der Waals surface area contributed by atoms with Gasteiger partial charge in [-0.05, 0) is 44.9 Å². The Morgan fingerprint density at radius 1 is 1.36 bits per heavy atom. The Bertz CT molecular complexity index is 552. The summed E-state index contributed by atoms with van der Waals surface area (Å²) in [7, 11) is 1.70. The molecular formula is C18H25NO3. The van der Waals surface area contributed by atoms with Gasteiger partial charge in [-0.1, -0.05) is 18.9 Å². The molecule has 0 bridgehead atoms. The molecule has 0 aliphatic carbocycles. The summed E-state index contributed by atoms with van der Waals surface area (Å²) in [4.78, 5) is 13.5. The number of hydrogen-bond acceptors (Lipinski definition) is 3. The highest BCUT2D eigenvalue weighted by molar-refractivity contribution is 5.67. The molecule has 1 aromatic carbocycles. The van der Waals surface area contributed by atoms with Crippen LogP contribution in [0, 0.1) is 12.3 Å². The van der Waals surface area contributed by atoms with Crippen molar-refractivity contribution in [2.24, 2.45) is 0 Å². The third-order valence-corrected chi connectivity index (χ3v) is 2.79. The molecule has 0 spiro atoms. The third-order valence-electron chi connectivity index (χ3n) is 2.79. The Balaban J connectivity index is 2.78. The van der Waals surface area contributed by atoms with Gasteiger partial charge in [0.1, 0.15) is 11.4 Å². The number of carbonyl (C=O) groups excluding carboxylic acids is 1. The third kappa shape index (κ3) is 5.69. The van der Waals surface area contributed by atoms with E-state index in [1.54, 1.807) is 7.05 Å². The summed E-state index contributed by atoms with van der Waals surface area (Å²) >= 11 is 0. The molecule has 4 heteroatoms. The van der Waals surface area contributed by atoms with Crippen molar-refractivity contribution in [1.29, 1.82) is 0 Å². The van der Waals surface area contributed by atoms with Gasteiger partial charge in [-0.3, -0.25) is 0 Å². The van der Waals surface area contributed by atoms with Gasteiger partial charge in [0.25, 0.3) is 0 Å². The molecule has 0 aliphatic rings. The number of carbonyl (C=O) groups is 1. The van der Waals surface area contributed by atoms with Crippen LogP contribution in [0.15, 0.2) is 18.2 Å². The smallest absolute Gasteiger partial charge is 0.410 e. The zero-order valence-corrected chi connectivity index (χ0v) is 14.1. The van der Waals surface area contributed by atoms with Crippen LogP contribution in [0.1, 0.15) is 45.2 Å². The molecule has 0 aliphatic heterocycles. The average Bonchev–Trinajstić information content (AvgIpc) is 2.43. The van der Waals surface area contributed by atoms with Gasteiger partial charge in [-0.25, -0.2) is 4.79 Å². The molecule has 0 saturated carbocycles. The molecule has 120 valence electrons. The zero-order valence-electron chi connectivity index (χ0n) is 14.1. The van der Waals surface area contributed by atoms with Gasteiger partial charge in [0.05, 0.1) is 12.2 Å². The fourth-order valence-corrected chi connectivity index (χ4v) is 1.80. The zero-order chi connectivity index (χ0) is 16.8. The van der Waals surface area contributed by atoms with E-state index in [9.17, 15) is 4.79 Å². The van der Waals surface area contributed by atoms with Crippen molar-refractivity contribution < 1.29 is 14.3 Å². The molecule has 4 nitrogen and oxygen atoms in total. The maximum Gasteiger partial charge on any atom is 0.410 e. The molecular weight excluding hydrogens is 278 g/mol. The fourth-order valence-electron chi connectivity index (χ4n) is 1.80. The number of benzene rings is 1. The number of nitrogens with zero attached hydrogens (tertiary/aromatic N) is 1. The van der Waals surface area contributed by atoms with E-state index in [-0.39, 0.29) is 6.09 Å². The van der Waals surface area contributed by atoms with E-state index in [4.69, 9.17) is 15.9 Å². The summed E-state index contributed by atoms with van der Waals surface area (Å²) < 4.78 is 10.9. The van der Waals surface area contributed by atoms with Crippen LogP contribution in [-0.2, 0) is 11.3 Å². The van der Waals surface area contributed by atoms with Crippen LogP contribution >= 0.6 is 0 Å². The molecule has 0 unspecified atom stereocenters. The molecule has 1 aromatic rings.